The number of non-ortho nitro benzene ring substituents is 3. The van der Waals surface area contributed by atoms with Crippen LogP contribution in [0.25, 0.3) is 0 Å². The van der Waals surface area contributed by atoms with Gasteiger partial charge in [0.25, 0.3) is 17.1 Å². The Bertz CT molecular complexity index is 2940. The number of nitro benzene ring substituents is 3. The van der Waals surface area contributed by atoms with E-state index in [0.29, 0.717) is 56.3 Å². The lowest BCUT2D eigenvalue weighted by Gasteiger charge is -2.14. The summed E-state index contributed by atoms with van der Waals surface area (Å²) >= 11 is 3.96. The van der Waals surface area contributed by atoms with Gasteiger partial charge in [0, 0.05) is 105 Å². The van der Waals surface area contributed by atoms with Gasteiger partial charge in [0.05, 0.1) is 34.4 Å². The molecule has 0 saturated carbocycles. The molecule has 3 heterocycles. The maximum absolute atomic E-state index is 12.3. The Kier molecular flexibility index (Phi) is 22.7. The number of carbonyl (C=O) groups excluding carboxylic acids is 3. The Morgan fingerprint density at radius 1 is 0.468 bits per heavy atom. The molecule has 0 bridgehead atoms. The minimum absolute atomic E-state index is 0. The van der Waals surface area contributed by atoms with Gasteiger partial charge >= 0.3 is 18.3 Å². The first-order chi connectivity index (χ1) is 36.1. The van der Waals surface area contributed by atoms with Crippen LogP contribution < -0.4 is 46.1 Å². The van der Waals surface area contributed by atoms with Gasteiger partial charge in [0.15, 0.2) is 0 Å². The highest BCUT2D eigenvalue weighted by Crippen LogP contribution is 2.29. The van der Waals surface area contributed by atoms with Gasteiger partial charge in [-0.25, -0.2) is 14.4 Å². The molecule has 6 aromatic rings. The van der Waals surface area contributed by atoms with Gasteiger partial charge in [0.2, 0.25) is 0 Å². The monoisotopic (exact) mass is 1150 g/mol. The van der Waals surface area contributed by atoms with Crippen molar-refractivity contribution in [2.75, 3.05) is 70.2 Å². The predicted molar refractivity (Wildman–Crippen MR) is 307 cm³/mol. The molecular weight excluding hydrogens is 1100 g/mol. The fourth-order valence-corrected chi connectivity index (χ4v) is 9.07. The summed E-state index contributed by atoms with van der Waals surface area (Å²) in [4.78, 5) is 73.6. The first kappa shape index (κ1) is 60.2. The lowest BCUT2D eigenvalue weighted by molar-refractivity contribution is -0.385. The maximum atomic E-state index is 12.3. The third-order valence-corrected chi connectivity index (χ3v) is 13.4. The number of benzene rings is 6. The van der Waals surface area contributed by atoms with E-state index in [9.17, 15) is 44.7 Å². The van der Waals surface area contributed by atoms with Crippen molar-refractivity contribution in [1.29, 1.82) is 0 Å². The van der Waals surface area contributed by atoms with Crippen LogP contribution in [0.4, 0.5) is 65.6 Å². The Hall–Kier alpha value is -7.64. The zero-order valence-electron chi connectivity index (χ0n) is 40.4. The van der Waals surface area contributed by atoms with Crippen molar-refractivity contribution in [3.63, 3.8) is 0 Å². The van der Waals surface area contributed by atoms with Crippen molar-refractivity contribution >= 4 is 132 Å². The lowest BCUT2D eigenvalue weighted by atomic mass is 10.2. The van der Waals surface area contributed by atoms with Crippen molar-refractivity contribution in [3.8, 4) is 0 Å². The van der Waals surface area contributed by atoms with Crippen LogP contribution >= 0.6 is 62.8 Å². The third-order valence-electron chi connectivity index (χ3n) is 10.9. The first-order valence-electron chi connectivity index (χ1n) is 22.5. The number of carbonyl (C=O) groups is 3. The van der Waals surface area contributed by atoms with Crippen molar-refractivity contribution < 1.29 is 43.4 Å². The van der Waals surface area contributed by atoms with Gasteiger partial charge in [-0.05, 0) is 145 Å². The molecule has 3 fully saturated rings. The molecule has 0 spiro atoms. The molecule has 77 heavy (non-hydrogen) atoms. The number of hydrogen-bond donors (Lipinski definition) is 6. The van der Waals surface area contributed by atoms with Gasteiger partial charge in [-0.3, -0.25) is 54.5 Å². The Morgan fingerprint density at radius 3 is 1.08 bits per heavy atom. The van der Waals surface area contributed by atoms with E-state index >= 15 is 0 Å². The molecule has 406 valence electrons. The van der Waals surface area contributed by atoms with E-state index in [-0.39, 0.29) is 68.5 Å². The van der Waals surface area contributed by atoms with E-state index in [1.807, 2.05) is 12.1 Å². The summed E-state index contributed by atoms with van der Waals surface area (Å²) in [5.41, 5.74) is 21.1. The van der Waals surface area contributed by atoms with E-state index < -0.39 is 27.0 Å². The predicted octanol–water partition coefficient (Wildman–Crippen LogP) is 8.82. The normalized spacial score (nSPS) is 16.2. The SMILES string of the molecule is NC[C@@H]1CN(c2ccc(N)cc2)C(=O)O1.Nc1ccc(N2C[C@@H](CNSc3ccc([N+](=O)[O-])cc3)OC2=O)cc1.O=C1O[C@H](CNSc2ccc([N+](=O)[O-])cc2)CN1c1ccc(NSc2ccc([N+](=O)[O-])cc2)cc1.S.S. The van der Waals surface area contributed by atoms with Crippen LogP contribution in [0.1, 0.15) is 0 Å². The van der Waals surface area contributed by atoms with Crippen LogP contribution in [0.5, 0.6) is 0 Å². The lowest BCUT2D eigenvalue weighted by Crippen LogP contribution is -2.28. The van der Waals surface area contributed by atoms with Gasteiger partial charge in [-0.2, -0.15) is 27.0 Å². The van der Waals surface area contributed by atoms with Crippen LogP contribution in [-0.2, 0) is 14.2 Å². The first-order valence-corrected chi connectivity index (χ1v) is 25.0. The summed E-state index contributed by atoms with van der Waals surface area (Å²) in [6.07, 6.45) is -2.01. The maximum Gasteiger partial charge on any atom is 0.414 e. The third kappa shape index (κ3) is 17.4. The van der Waals surface area contributed by atoms with E-state index in [4.69, 9.17) is 31.4 Å². The number of nitrogens with zero attached hydrogens (tertiary/aromatic N) is 6. The number of ether oxygens (including phenoxy) is 3. The minimum atomic E-state index is -0.450. The van der Waals surface area contributed by atoms with Crippen molar-refractivity contribution in [2.24, 2.45) is 5.73 Å². The van der Waals surface area contributed by atoms with Crippen molar-refractivity contribution in [3.05, 3.63) is 176 Å². The number of hydrogen-bond acceptors (Lipinski definition) is 21. The van der Waals surface area contributed by atoms with Gasteiger partial charge < -0.3 is 36.1 Å². The summed E-state index contributed by atoms with van der Waals surface area (Å²) < 4.78 is 25.2. The molecule has 0 aliphatic carbocycles. The fourth-order valence-electron chi connectivity index (χ4n) is 7.01. The van der Waals surface area contributed by atoms with E-state index in [1.54, 1.807) is 112 Å². The van der Waals surface area contributed by atoms with E-state index in [2.05, 4.69) is 14.2 Å². The Balaban J connectivity index is 0.000000227. The summed E-state index contributed by atoms with van der Waals surface area (Å²) in [7, 11) is 0. The number of nitro groups is 3. The number of rotatable bonds is 18. The topological polar surface area (TPSA) is 332 Å². The molecule has 0 unspecified atom stereocenters. The number of nitrogen functional groups attached to an aromatic ring is 2. The second-order valence-electron chi connectivity index (χ2n) is 16.2. The average molecular weight is 1150 g/mol. The number of amides is 3. The summed E-state index contributed by atoms with van der Waals surface area (Å²) in [6, 6.07) is 40.0. The minimum Gasteiger partial charge on any atom is -0.443 e. The number of anilines is 6. The number of cyclic esters (lactones) is 3. The largest absolute Gasteiger partial charge is 0.443 e. The molecule has 3 amide bonds. The van der Waals surface area contributed by atoms with Gasteiger partial charge in [-0.15, -0.1) is 0 Å². The highest BCUT2D eigenvalue weighted by atomic mass is 32.2. The smallest absolute Gasteiger partial charge is 0.414 e. The second kappa shape index (κ2) is 29.0. The molecule has 6 aromatic carbocycles. The highest BCUT2D eigenvalue weighted by Gasteiger charge is 2.34. The van der Waals surface area contributed by atoms with E-state index in [1.165, 1.54) is 72.2 Å². The Morgan fingerprint density at radius 2 is 0.766 bits per heavy atom. The average Bonchev–Trinajstić information content (AvgIpc) is 4.11. The van der Waals surface area contributed by atoms with E-state index in [0.717, 1.165) is 31.7 Å². The molecule has 9 rings (SSSR count). The van der Waals surface area contributed by atoms with Crippen LogP contribution in [-0.4, -0.2) is 90.6 Å². The molecule has 0 radical (unpaired) electrons. The molecule has 0 aromatic heterocycles. The van der Waals surface area contributed by atoms with Gasteiger partial charge in [0.1, 0.15) is 18.3 Å². The molecule has 3 aliphatic rings. The standard InChI is InChI=1S/C22H19N5O6S2.C16H16N4O4S.C10H13N3O2.2H2S/c28-22-25(14-19(33-22)13-23-34-20-9-5-17(6-10-20)26(29)30)16-3-1-15(2-4-16)24-35-21-11-7-18(8-12-21)27(31)32;17-11-1-3-12(4-2-11)19-10-14(24-16(19)21)9-18-25-15-7-5-13(6-8-15)20(22)23;11-5-9-6-13(10(14)15-9)8-3-1-7(12)2-4-8;;/h1-12,19,23-24H,13-14H2;1-8,14,18H,9-10,17H2;1-4,9H,5-6,11-12H2;2*1H2/t19-;14-;9-;;/m111../s1. The molecule has 3 aliphatic heterocycles. The van der Waals surface area contributed by atoms with Crippen molar-refractivity contribution in [1.82, 2.24) is 9.44 Å². The molecule has 29 heteroatoms. The quantitative estimate of drug-likeness (QED) is 0.0154. The molecule has 24 nitrogen and oxygen atoms in total. The fraction of sp³-hybridized carbons (Fsp3) is 0.188. The summed E-state index contributed by atoms with van der Waals surface area (Å²) in [5.74, 6) is 0. The highest BCUT2D eigenvalue weighted by molar-refractivity contribution is 8.00. The van der Waals surface area contributed by atoms with Crippen LogP contribution in [0.15, 0.2) is 160 Å². The zero-order chi connectivity index (χ0) is 53.4. The molecule has 3 saturated heterocycles. The van der Waals surface area contributed by atoms with Crippen LogP contribution in [0.2, 0.25) is 0 Å². The Labute approximate surface area is 467 Å². The second-order valence-corrected chi connectivity index (χ2v) is 19.0. The van der Waals surface area contributed by atoms with Crippen LogP contribution in [0.3, 0.4) is 0 Å². The zero-order valence-corrected chi connectivity index (χ0v) is 44.8. The summed E-state index contributed by atoms with van der Waals surface area (Å²) in [5, 5.41) is 32.1. The summed E-state index contributed by atoms with van der Waals surface area (Å²) in [6.45, 7) is 2.54. The number of nitrogens with two attached hydrogens (primary N) is 3. The van der Waals surface area contributed by atoms with Crippen molar-refractivity contribution in [2.45, 2.75) is 33.0 Å². The van der Waals surface area contributed by atoms with Crippen LogP contribution in [0, 0.1) is 30.3 Å². The molecule has 9 N–H and O–H groups in total. The van der Waals surface area contributed by atoms with Gasteiger partial charge in [-0.1, -0.05) is 0 Å². The molecular formula is C48H52N12O12S5. The molecule has 3 atom stereocenters. The number of nitrogens with one attached hydrogen (secondary N) is 3.